The molecule has 0 bridgehead atoms. The van der Waals surface area contributed by atoms with Crippen molar-refractivity contribution in [2.45, 2.75) is 13.8 Å². The summed E-state index contributed by atoms with van der Waals surface area (Å²) < 4.78 is 5.65. The molecule has 18 heavy (non-hydrogen) atoms. The zero-order valence-electron chi connectivity index (χ0n) is 10.7. The molecule has 0 spiro atoms. The van der Waals surface area contributed by atoms with Gasteiger partial charge in [-0.1, -0.05) is 26.0 Å². The highest BCUT2D eigenvalue weighted by atomic mass is 16.5. The van der Waals surface area contributed by atoms with E-state index in [0.29, 0.717) is 19.1 Å². The van der Waals surface area contributed by atoms with Gasteiger partial charge in [-0.15, -0.1) is 0 Å². The minimum Gasteiger partial charge on any atom is -0.493 e. The van der Waals surface area contributed by atoms with E-state index in [2.05, 4.69) is 24.7 Å². The Bertz CT molecular complexity index is 467. The van der Waals surface area contributed by atoms with E-state index in [9.17, 15) is 4.79 Å². The smallest absolute Gasteiger partial charge is 0.262 e. The number of ether oxygens (including phenoxy) is 1. The topological polar surface area (TPSA) is 50.4 Å². The van der Waals surface area contributed by atoms with Crippen LogP contribution in [0.4, 0.5) is 0 Å². The van der Waals surface area contributed by atoms with Crippen molar-refractivity contribution in [1.82, 2.24) is 10.9 Å². The van der Waals surface area contributed by atoms with Crippen LogP contribution < -0.4 is 15.6 Å². The molecular formula is C14H18N2O2. The lowest BCUT2D eigenvalue weighted by Gasteiger charge is -2.09. The molecule has 1 aliphatic heterocycles. The minimum atomic E-state index is -0.0662. The molecule has 1 aromatic rings. The highest BCUT2D eigenvalue weighted by molar-refractivity contribution is 5.99. The summed E-state index contributed by atoms with van der Waals surface area (Å²) in [6.07, 6.45) is 1.87. The van der Waals surface area contributed by atoms with Gasteiger partial charge in [-0.25, -0.2) is 5.43 Å². The van der Waals surface area contributed by atoms with Crippen molar-refractivity contribution in [3.05, 3.63) is 35.4 Å². The van der Waals surface area contributed by atoms with Crippen molar-refractivity contribution >= 4 is 12.0 Å². The summed E-state index contributed by atoms with van der Waals surface area (Å²) in [6.45, 7) is 5.47. The Morgan fingerprint density at radius 1 is 1.44 bits per heavy atom. The van der Waals surface area contributed by atoms with E-state index < -0.39 is 0 Å². The number of carbonyl (C=O) groups is 1. The molecule has 1 saturated heterocycles. The Labute approximate surface area is 107 Å². The molecule has 1 amide bonds. The van der Waals surface area contributed by atoms with Gasteiger partial charge in [0.05, 0.1) is 6.61 Å². The first-order chi connectivity index (χ1) is 8.65. The van der Waals surface area contributed by atoms with E-state index in [-0.39, 0.29) is 5.91 Å². The molecule has 1 fully saturated rings. The highest BCUT2D eigenvalue weighted by Gasteiger charge is 2.15. The SMILES string of the molecule is CC(C)COc1cccc(/C=C2\CNNC2=O)c1. The van der Waals surface area contributed by atoms with Crippen LogP contribution in [0, 0.1) is 5.92 Å². The van der Waals surface area contributed by atoms with Crippen LogP contribution in [0.25, 0.3) is 6.08 Å². The number of hydrazine groups is 1. The maximum Gasteiger partial charge on any atom is 0.262 e. The molecule has 0 atom stereocenters. The second-order valence-electron chi connectivity index (χ2n) is 4.75. The number of rotatable bonds is 4. The Morgan fingerprint density at radius 2 is 2.28 bits per heavy atom. The summed E-state index contributed by atoms with van der Waals surface area (Å²) in [7, 11) is 0. The number of carbonyl (C=O) groups excluding carboxylic acids is 1. The van der Waals surface area contributed by atoms with Gasteiger partial charge >= 0.3 is 0 Å². The largest absolute Gasteiger partial charge is 0.493 e. The molecule has 0 unspecified atom stereocenters. The number of hydrogen-bond donors (Lipinski definition) is 2. The molecule has 4 heteroatoms. The number of benzene rings is 1. The molecule has 2 rings (SSSR count). The van der Waals surface area contributed by atoms with Crippen molar-refractivity contribution in [1.29, 1.82) is 0 Å². The van der Waals surface area contributed by atoms with Gasteiger partial charge in [0.15, 0.2) is 0 Å². The van der Waals surface area contributed by atoms with E-state index in [1.165, 1.54) is 0 Å². The lowest BCUT2D eigenvalue weighted by atomic mass is 10.1. The Kier molecular flexibility index (Phi) is 3.99. The molecule has 0 radical (unpaired) electrons. The summed E-state index contributed by atoms with van der Waals surface area (Å²) >= 11 is 0. The zero-order valence-corrected chi connectivity index (χ0v) is 10.7. The summed E-state index contributed by atoms with van der Waals surface area (Å²) in [5, 5.41) is 0. The Balaban J connectivity index is 2.09. The van der Waals surface area contributed by atoms with Crippen molar-refractivity contribution < 1.29 is 9.53 Å². The van der Waals surface area contributed by atoms with E-state index in [1.54, 1.807) is 0 Å². The lowest BCUT2D eigenvalue weighted by molar-refractivity contribution is -0.116. The maximum atomic E-state index is 11.4. The van der Waals surface area contributed by atoms with Crippen LogP contribution in [-0.4, -0.2) is 19.1 Å². The van der Waals surface area contributed by atoms with Gasteiger partial charge < -0.3 is 4.74 Å². The minimum absolute atomic E-state index is 0.0662. The Hall–Kier alpha value is -1.81. The Morgan fingerprint density at radius 3 is 2.94 bits per heavy atom. The zero-order chi connectivity index (χ0) is 13.0. The lowest BCUT2D eigenvalue weighted by Crippen LogP contribution is -2.25. The van der Waals surface area contributed by atoms with Gasteiger partial charge in [0, 0.05) is 12.1 Å². The fourth-order valence-corrected chi connectivity index (χ4v) is 1.66. The molecule has 0 saturated carbocycles. The second-order valence-corrected chi connectivity index (χ2v) is 4.75. The third kappa shape index (κ3) is 3.34. The average molecular weight is 246 g/mol. The fraction of sp³-hybridized carbons (Fsp3) is 0.357. The van der Waals surface area contributed by atoms with Crippen molar-refractivity contribution in [2.24, 2.45) is 5.92 Å². The molecule has 0 aromatic heterocycles. The third-order valence-corrected chi connectivity index (χ3v) is 2.55. The molecule has 96 valence electrons. The van der Waals surface area contributed by atoms with Crippen LogP contribution in [0.1, 0.15) is 19.4 Å². The van der Waals surface area contributed by atoms with E-state index in [1.807, 2.05) is 30.3 Å². The van der Waals surface area contributed by atoms with E-state index >= 15 is 0 Å². The molecule has 2 N–H and O–H groups in total. The van der Waals surface area contributed by atoms with E-state index in [0.717, 1.165) is 16.9 Å². The maximum absolute atomic E-state index is 11.4. The van der Waals surface area contributed by atoms with Gasteiger partial charge in [-0.05, 0) is 29.7 Å². The standard InChI is InChI=1S/C14H18N2O2/c1-10(2)9-18-13-5-3-4-11(7-13)6-12-8-15-16-14(12)17/h3-7,10,15H,8-9H2,1-2H3,(H,16,17)/b12-6+. The fourth-order valence-electron chi connectivity index (χ4n) is 1.66. The molecule has 1 heterocycles. The first-order valence-corrected chi connectivity index (χ1v) is 6.12. The van der Waals surface area contributed by atoms with Crippen LogP contribution in [0.15, 0.2) is 29.8 Å². The van der Waals surface area contributed by atoms with Crippen LogP contribution >= 0.6 is 0 Å². The van der Waals surface area contributed by atoms with Crippen molar-refractivity contribution in [2.75, 3.05) is 13.2 Å². The quantitative estimate of drug-likeness (QED) is 0.796. The first-order valence-electron chi connectivity index (χ1n) is 6.12. The van der Waals surface area contributed by atoms with Gasteiger partial charge in [0.2, 0.25) is 0 Å². The predicted octanol–water partition coefficient (Wildman–Crippen LogP) is 1.74. The van der Waals surface area contributed by atoms with Crippen LogP contribution in [0.2, 0.25) is 0 Å². The normalized spacial score (nSPS) is 17.3. The average Bonchev–Trinajstić information content (AvgIpc) is 2.73. The van der Waals surface area contributed by atoms with Gasteiger partial charge in [-0.2, -0.15) is 0 Å². The first kappa shape index (κ1) is 12.6. The summed E-state index contributed by atoms with van der Waals surface area (Å²) in [5.41, 5.74) is 7.06. The predicted molar refractivity (Wildman–Crippen MR) is 70.9 cm³/mol. The van der Waals surface area contributed by atoms with E-state index in [4.69, 9.17) is 4.74 Å². The van der Waals surface area contributed by atoms with Crippen molar-refractivity contribution in [3.63, 3.8) is 0 Å². The molecular weight excluding hydrogens is 228 g/mol. The summed E-state index contributed by atoms with van der Waals surface area (Å²) in [4.78, 5) is 11.4. The highest BCUT2D eigenvalue weighted by Crippen LogP contribution is 2.17. The molecule has 1 aromatic carbocycles. The van der Waals surface area contributed by atoms with Crippen LogP contribution in [-0.2, 0) is 4.79 Å². The van der Waals surface area contributed by atoms with Gasteiger partial charge in [-0.3, -0.25) is 10.2 Å². The number of amides is 1. The summed E-state index contributed by atoms with van der Waals surface area (Å²) in [6, 6.07) is 7.77. The third-order valence-electron chi connectivity index (χ3n) is 2.55. The number of hydrogen-bond acceptors (Lipinski definition) is 3. The van der Waals surface area contributed by atoms with Crippen LogP contribution in [0.5, 0.6) is 5.75 Å². The molecule has 0 aliphatic carbocycles. The molecule has 1 aliphatic rings. The van der Waals surface area contributed by atoms with Gasteiger partial charge in [0.25, 0.3) is 5.91 Å². The van der Waals surface area contributed by atoms with Gasteiger partial charge in [0.1, 0.15) is 5.75 Å². The van der Waals surface area contributed by atoms with Crippen LogP contribution in [0.3, 0.4) is 0 Å². The second kappa shape index (κ2) is 5.69. The van der Waals surface area contributed by atoms with Crippen molar-refractivity contribution in [3.8, 4) is 5.75 Å². The number of nitrogens with one attached hydrogen (secondary N) is 2. The summed E-state index contributed by atoms with van der Waals surface area (Å²) in [5.74, 6) is 1.27. The molecule has 4 nitrogen and oxygen atoms in total. The monoisotopic (exact) mass is 246 g/mol.